The molecule has 2 N–H and O–H groups in total. The standard InChI is InChI=1S/C11H14ClNO2/c1-15-10-5-8(4-9(14)11(10)12)7-2-3-13-6-7/h4-5,7,13-14H,2-3,6H2,1H3. The maximum atomic E-state index is 9.64. The quantitative estimate of drug-likeness (QED) is 0.814. The van der Waals surface area contributed by atoms with Crippen LogP contribution in [0, 0.1) is 0 Å². The Morgan fingerprint density at radius 1 is 1.53 bits per heavy atom. The highest BCUT2D eigenvalue weighted by Gasteiger charge is 2.19. The smallest absolute Gasteiger partial charge is 0.141 e. The van der Waals surface area contributed by atoms with Gasteiger partial charge in [-0.25, -0.2) is 0 Å². The van der Waals surface area contributed by atoms with E-state index in [1.54, 1.807) is 13.2 Å². The van der Waals surface area contributed by atoms with Crippen molar-refractivity contribution in [2.75, 3.05) is 20.2 Å². The molecule has 0 bridgehead atoms. The molecule has 0 radical (unpaired) electrons. The minimum Gasteiger partial charge on any atom is -0.506 e. The van der Waals surface area contributed by atoms with E-state index in [0.717, 1.165) is 25.1 Å². The molecule has 0 aromatic heterocycles. The van der Waals surface area contributed by atoms with E-state index in [2.05, 4.69) is 5.32 Å². The summed E-state index contributed by atoms with van der Waals surface area (Å²) in [5.41, 5.74) is 1.08. The molecular weight excluding hydrogens is 214 g/mol. The number of halogens is 1. The molecule has 1 unspecified atom stereocenters. The van der Waals surface area contributed by atoms with Crippen LogP contribution in [0.1, 0.15) is 17.9 Å². The van der Waals surface area contributed by atoms with Crippen molar-refractivity contribution in [1.82, 2.24) is 5.32 Å². The summed E-state index contributed by atoms with van der Waals surface area (Å²) in [6.07, 6.45) is 1.09. The van der Waals surface area contributed by atoms with Crippen molar-refractivity contribution in [3.63, 3.8) is 0 Å². The number of hydrogen-bond acceptors (Lipinski definition) is 3. The molecule has 4 heteroatoms. The minimum absolute atomic E-state index is 0.0953. The van der Waals surface area contributed by atoms with E-state index in [1.165, 1.54) is 0 Å². The second kappa shape index (κ2) is 4.29. The Bertz CT molecular complexity index is 362. The monoisotopic (exact) mass is 227 g/mol. The molecule has 1 aliphatic rings. The Morgan fingerprint density at radius 2 is 2.33 bits per heavy atom. The molecule has 1 heterocycles. The highest BCUT2D eigenvalue weighted by atomic mass is 35.5. The molecule has 1 aromatic carbocycles. The van der Waals surface area contributed by atoms with Crippen molar-refractivity contribution in [3.05, 3.63) is 22.7 Å². The Hall–Kier alpha value is -0.930. The fourth-order valence-electron chi connectivity index (χ4n) is 1.93. The van der Waals surface area contributed by atoms with E-state index in [4.69, 9.17) is 16.3 Å². The second-order valence-electron chi connectivity index (χ2n) is 3.75. The van der Waals surface area contributed by atoms with E-state index >= 15 is 0 Å². The summed E-state index contributed by atoms with van der Waals surface area (Å²) in [7, 11) is 1.55. The molecule has 1 aromatic rings. The Morgan fingerprint density at radius 3 is 2.93 bits per heavy atom. The molecule has 2 rings (SSSR count). The van der Waals surface area contributed by atoms with Crippen molar-refractivity contribution < 1.29 is 9.84 Å². The van der Waals surface area contributed by atoms with Gasteiger partial charge in [-0.2, -0.15) is 0 Å². The predicted octanol–water partition coefficient (Wildman–Crippen LogP) is 2.13. The zero-order chi connectivity index (χ0) is 10.8. The normalized spacial score (nSPS) is 20.5. The summed E-state index contributed by atoms with van der Waals surface area (Å²) in [6, 6.07) is 3.63. The van der Waals surface area contributed by atoms with Gasteiger partial charge in [-0.15, -0.1) is 0 Å². The number of nitrogens with one attached hydrogen (secondary N) is 1. The van der Waals surface area contributed by atoms with Gasteiger partial charge in [0.2, 0.25) is 0 Å². The van der Waals surface area contributed by atoms with Crippen molar-refractivity contribution in [2.45, 2.75) is 12.3 Å². The van der Waals surface area contributed by atoms with E-state index in [0.29, 0.717) is 11.7 Å². The highest BCUT2D eigenvalue weighted by molar-refractivity contribution is 6.33. The van der Waals surface area contributed by atoms with E-state index in [1.807, 2.05) is 6.07 Å². The van der Waals surface area contributed by atoms with E-state index in [-0.39, 0.29) is 10.8 Å². The van der Waals surface area contributed by atoms with Gasteiger partial charge < -0.3 is 15.2 Å². The molecule has 0 spiro atoms. The largest absolute Gasteiger partial charge is 0.506 e. The summed E-state index contributed by atoms with van der Waals surface area (Å²) >= 11 is 5.88. The molecular formula is C11H14ClNO2. The number of rotatable bonds is 2. The third kappa shape index (κ3) is 2.03. The number of benzene rings is 1. The van der Waals surface area contributed by atoms with Crippen molar-refractivity contribution in [3.8, 4) is 11.5 Å². The molecule has 3 nitrogen and oxygen atoms in total. The third-order valence-corrected chi connectivity index (χ3v) is 3.17. The first-order chi connectivity index (χ1) is 7.22. The number of methoxy groups -OCH3 is 1. The summed E-state index contributed by atoms with van der Waals surface area (Å²) in [4.78, 5) is 0. The molecule has 0 amide bonds. The number of ether oxygens (including phenoxy) is 1. The zero-order valence-electron chi connectivity index (χ0n) is 8.59. The van der Waals surface area contributed by atoms with Crippen molar-refractivity contribution >= 4 is 11.6 Å². The number of hydrogen-bond donors (Lipinski definition) is 2. The van der Waals surface area contributed by atoms with Crippen molar-refractivity contribution in [2.24, 2.45) is 0 Å². The van der Waals surface area contributed by atoms with Gasteiger partial charge in [0, 0.05) is 6.54 Å². The molecule has 0 aliphatic carbocycles. The maximum absolute atomic E-state index is 9.64. The lowest BCUT2D eigenvalue weighted by molar-refractivity contribution is 0.406. The average Bonchev–Trinajstić information content (AvgIpc) is 2.75. The third-order valence-electron chi connectivity index (χ3n) is 2.79. The zero-order valence-corrected chi connectivity index (χ0v) is 9.34. The topological polar surface area (TPSA) is 41.5 Å². The van der Waals surface area contributed by atoms with Gasteiger partial charge in [-0.1, -0.05) is 11.6 Å². The Labute approximate surface area is 94.0 Å². The average molecular weight is 228 g/mol. The summed E-state index contributed by atoms with van der Waals surface area (Å²) < 4.78 is 5.11. The number of aromatic hydroxyl groups is 1. The predicted molar refractivity (Wildman–Crippen MR) is 59.9 cm³/mol. The van der Waals surface area contributed by atoms with Gasteiger partial charge in [-0.3, -0.25) is 0 Å². The fourth-order valence-corrected chi connectivity index (χ4v) is 2.11. The Kier molecular flexibility index (Phi) is 3.03. The molecule has 1 atom stereocenters. The lowest BCUT2D eigenvalue weighted by atomic mass is 9.98. The number of phenols is 1. The van der Waals surface area contributed by atoms with Crippen LogP contribution in [0.3, 0.4) is 0 Å². The van der Waals surface area contributed by atoms with Crippen molar-refractivity contribution in [1.29, 1.82) is 0 Å². The van der Waals surface area contributed by atoms with Crippen LogP contribution in [0.25, 0.3) is 0 Å². The van der Waals surface area contributed by atoms with E-state index < -0.39 is 0 Å². The molecule has 0 saturated carbocycles. The van der Waals surface area contributed by atoms with Crippen LogP contribution in [0.4, 0.5) is 0 Å². The van der Waals surface area contributed by atoms with Crippen LogP contribution in [-0.4, -0.2) is 25.3 Å². The van der Waals surface area contributed by atoms with Gasteiger partial charge in [0.15, 0.2) is 0 Å². The summed E-state index contributed by atoms with van der Waals surface area (Å²) in [5, 5.41) is 13.2. The van der Waals surface area contributed by atoms with Gasteiger partial charge in [-0.05, 0) is 36.6 Å². The van der Waals surface area contributed by atoms with Gasteiger partial charge >= 0.3 is 0 Å². The maximum Gasteiger partial charge on any atom is 0.141 e. The molecule has 1 fully saturated rings. The van der Waals surface area contributed by atoms with Crippen LogP contribution in [0.15, 0.2) is 12.1 Å². The highest BCUT2D eigenvalue weighted by Crippen LogP contribution is 2.37. The first-order valence-corrected chi connectivity index (χ1v) is 5.37. The Balaban J connectivity index is 2.35. The van der Waals surface area contributed by atoms with Crippen LogP contribution >= 0.6 is 11.6 Å². The molecule has 1 saturated heterocycles. The van der Waals surface area contributed by atoms with Gasteiger partial charge in [0.1, 0.15) is 16.5 Å². The van der Waals surface area contributed by atoms with Crippen LogP contribution in [0.2, 0.25) is 5.02 Å². The van der Waals surface area contributed by atoms with Gasteiger partial charge in [0.05, 0.1) is 7.11 Å². The van der Waals surface area contributed by atoms with Gasteiger partial charge in [0.25, 0.3) is 0 Å². The first kappa shape index (κ1) is 10.6. The van der Waals surface area contributed by atoms with Crippen LogP contribution < -0.4 is 10.1 Å². The SMILES string of the molecule is COc1cc(C2CCNC2)cc(O)c1Cl. The lowest BCUT2D eigenvalue weighted by Crippen LogP contribution is -2.08. The number of phenolic OH excluding ortho intramolecular Hbond substituents is 1. The lowest BCUT2D eigenvalue weighted by Gasteiger charge is -2.12. The van der Waals surface area contributed by atoms with Crippen LogP contribution in [0.5, 0.6) is 11.5 Å². The second-order valence-corrected chi connectivity index (χ2v) is 4.12. The molecule has 82 valence electrons. The minimum atomic E-state index is 0.0953. The fraction of sp³-hybridized carbons (Fsp3) is 0.455. The van der Waals surface area contributed by atoms with E-state index in [9.17, 15) is 5.11 Å². The summed E-state index contributed by atoms with van der Waals surface area (Å²) in [6.45, 7) is 1.97. The molecule has 15 heavy (non-hydrogen) atoms. The van der Waals surface area contributed by atoms with Crippen LogP contribution in [-0.2, 0) is 0 Å². The molecule has 1 aliphatic heterocycles. The summed E-state index contributed by atoms with van der Waals surface area (Å²) in [5.74, 6) is 1.08. The first-order valence-electron chi connectivity index (χ1n) is 4.99.